The maximum atomic E-state index is 13.2. The lowest BCUT2D eigenvalue weighted by Crippen LogP contribution is -2.34. The summed E-state index contributed by atoms with van der Waals surface area (Å²) < 4.78 is 18.9. The third-order valence-electron chi connectivity index (χ3n) is 3.75. The van der Waals surface area contributed by atoms with Gasteiger partial charge in [-0.1, -0.05) is 12.1 Å². The Hall–Kier alpha value is -2.47. The van der Waals surface area contributed by atoms with E-state index in [1.54, 1.807) is 24.4 Å². The van der Waals surface area contributed by atoms with E-state index in [9.17, 15) is 9.18 Å². The van der Waals surface area contributed by atoms with Crippen molar-refractivity contribution in [2.45, 2.75) is 19.4 Å². The summed E-state index contributed by atoms with van der Waals surface area (Å²) in [5.74, 6) is 1.01. The number of nitrogens with zero attached hydrogens (tertiary/aromatic N) is 1. The number of hydrogen-bond donors (Lipinski definition) is 2. The number of aromatic nitrogens is 1. The Morgan fingerprint density at radius 3 is 2.96 bits per heavy atom. The molecule has 0 unspecified atom stereocenters. The summed E-state index contributed by atoms with van der Waals surface area (Å²) in [5, 5.41) is 5.98. The second-order valence-electron chi connectivity index (χ2n) is 5.88. The molecule has 1 saturated carbocycles. The summed E-state index contributed by atoms with van der Waals surface area (Å²) in [5.41, 5.74) is 0.734. The Labute approximate surface area is 140 Å². The summed E-state index contributed by atoms with van der Waals surface area (Å²) in [6.45, 7) is 1.51. The van der Waals surface area contributed by atoms with E-state index < -0.39 is 0 Å². The number of benzene rings is 1. The lowest BCUT2D eigenvalue weighted by molar-refractivity contribution is -0.120. The first-order valence-electron chi connectivity index (χ1n) is 8.05. The van der Waals surface area contributed by atoms with E-state index in [1.165, 1.54) is 25.0 Å². The van der Waals surface area contributed by atoms with Crippen molar-refractivity contribution in [2.75, 3.05) is 13.1 Å². The largest absolute Gasteiger partial charge is 0.439 e. The molecule has 1 aromatic carbocycles. The molecular formula is C18H20FN3O2. The van der Waals surface area contributed by atoms with Crippen LogP contribution in [0.1, 0.15) is 18.4 Å². The maximum Gasteiger partial charge on any atom is 0.234 e. The van der Waals surface area contributed by atoms with Gasteiger partial charge in [-0.2, -0.15) is 0 Å². The van der Waals surface area contributed by atoms with Gasteiger partial charge in [0.2, 0.25) is 11.8 Å². The number of halogens is 1. The third kappa shape index (κ3) is 5.03. The molecular weight excluding hydrogens is 309 g/mol. The first kappa shape index (κ1) is 16.4. The molecule has 126 valence electrons. The molecule has 1 aliphatic carbocycles. The fourth-order valence-corrected chi connectivity index (χ4v) is 2.26. The lowest BCUT2D eigenvalue weighted by Gasteiger charge is -2.11. The number of rotatable bonds is 8. The minimum absolute atomic E-state index is 0.0730. The summed E-state index contributed by atoms with van der Waals surface area (Å²) in [4.78, 5) is 16.0. The fraction of sp³-hybridized carbons (Fsp3) is 0.333. The van der Waals surface area contributed by atoms with E-state index in [0.717, 1.165) is 18.0 Å². The molecule has 5 nitrogen and oxygen atoms in total. The Balaban J connectivity index is 1.54. The van der Waals surface area contributed by atoms with Gasteiger partial charge in [-0.3, -0.25) is 4.79 Å². The molecule has 1 aromatic heterocycles. The zero-order valence-corrected chi connectivity index (χ0v) is 13.3. The monoisotopic (exact) mass is 329 g/mol. The van der Waals surface area contributed by atoms with Gasteiger partial charge in [-0.15, -0.1) is 0 Å². The first-order chi connectivity index (χ1) is 11.7. The number of carbonyl (C=O) groups excluding carboxylic acids is 1. The van der Waals surface area contributed by atoms with Gasteiger partial charge in [0.05, 0.1) is 6.54 Å². The van der Waals surface area contributed by atoms with E-state index in [2.05, 4.69) is 15.6 Å². The minimum atomic E-state index is -0.375. The number of ether oxygens (including phenoxy) is 1. The summed E-state index contributed by atoms with van der Waals surface area (Å²) in [7, 11) is 0. The van der Waals surface area contributed by atoms with Crippen LogP contribution in [0.15, 0.2) is 42.6 Å². The van der Waals surface area contributed by atoms with Gasteiger partial charge in [0, 0.05) is 24.4 Å². The summed E-state index contributed by atoms with van der Waals surface area (Å²) in [6.07, 6.45) is 4.10. The molecule has 1 amide bonds. The number of hydrogen-bond acceptors (Lipinski definition) is 4. The molecule has 0 aliphatic heterocycles. The topological polar surface area (TPSA) is 63.2 Å². The number of nitrogens with one attached hydrogen (secondary N) is 2. The molecule has 1 fully saturated rings. The molecule has 0 saturated heterocycles. The standard InChI is InChI=1S/C18H20FN3O2/c19-15-4-1-5-16(9-15)24-18-14(3-2-8-21-18)11-22-17(23)12-20-10-13-6-7-13/h1-5,8-9,13,20H,6-7,10-12H2,(H,22,23). The normalized spacial score (nSPS) is 13.5. The van der Waals surface area contributed by atoms with Crippen molar-refractivity contribution in [3.63, 3.8) is 0 Å². The van der Waals surface area contributed by atoms with Crippen molar-refractivity contribution in [3.8, 4) is 11.6 Å². The molecule has 1 heterocycles. The van der Waals surface area contributed by atoms with Crippen molar-refractivity contribution in [1.29, 1.82) is 0 Å². The molecule has 1 aliphatic rings. The van der Waals surface area contributed by atoms with Gasteiger partial charge >= 0.3 is 0 Å². The van der Waals surface area contributed by atoms with Crippen molar-refractivity contribution >= 4 is 5.91 Å². The second-order valence-corrected chi connectivity index (χ2v) is 5.88. The highest BCUT2D eigenvalue weighted by molar-refractivity contribution is 5.78. The summed E-state index contributed by atoms with van der Waals surface area (Å²) in [6, 6.07) is 9.45. The van der Waals surface area contributed by atoms with E-state index in [0.29, 0.717) is 24.7 Å². The van der Waals surface area contributed by atoms with E-state index in [-0.39, 0.29) is 11.7 Å². The van der Waals surface area contributed by atoms with Gasteiger partial charge in [-0.25, -0.2) is 9.37 Å². The molecule has 24 heavy (non-hydrogen) atoms. The predicted octanol–water partition coefficient (Wildman–Crippen LogP) is 2.63. The SMILES string of the molecule is O=C(CNCC1CC1)NCc1cccnc1Oc1cccc(F)c1. The third-order valence-corrected chi connectivity index (χ3v) is 3.75. The van der Waals surface area contributed by atoms with Gasteiger partial charge < -0.3 is 15.4 Å². The average Bonchev–Trinajstić information content (AvgIpc) is 3.38. The quantitative estimate of drug-likeness (QED) is 0.781. The number of amides is 1. The molecule has 0 spiro atoms. The summed E-state index contributed by atoms with van der Waals surface area (Å²) >= 11 is 0. The predicted molar refractivity (Wildman–Crippen MR) is 88.2 cm³/mol. The van der Waals surface area contributed by atoms with Crippen LogP contribution in [0.3, 0.4) is 0 Å². The molecule has 0 bridgehead atoms. The van der Waals surface area contributed by atoms with Gasteiger partial charge in [-0.05, 0) is 43.5 Å². The van der Waals surface area contributed by atoms with Crippen LogP contribution in [0.25, 0.3) is 0 Å². The maximum absolute atomic E-state index is 13.2. The molecule has 6 heteroatoms. The fourth-order valence-electron chi connectivity index (χ4n) is 2.26. The zero-order valence-electron chi connectivity index (χ0n) is 13.3. The van der Waals surface area contributed by atoms with E-state index in [1.807, 2.05) is 6.07 Å². The van der Waals surface area contributed by atoms with E-state index >= 15 is 0 Å². The van der Waals surface area contributed by atoms with E-state index in [4.69, 9.17) is 4.74 Å². The Kier molecular flexibility index (Phi) is 5.38. The van der Waals surface area contributed by atoms with Crippen LogP contribution in [0.5, 0.6) is 11.6 Å². The lowest BCUT2D eigenvalue weighted by atomic mass is 10.2. The highest BCUT2D eigenvalue weighted by Crippen LogP contribution is 2.27. The Morgan fingerprint density at radius 1 is 1.29 bits per heavy atom. The average molecular weight is 329 g/mol. The van der Waals surface area contributed by atoms with Crippen LogP contribution >= 0.6 is 0 Å². The Bertz CT molecular complexity index is 704. The van der Waals surface area contributed by atoms with Crippen molar-refractivity contribution in [1.82, 2.24) is 15.6 Å². The van der Waals surface area contributed by atoms with Crippen LogP contribution < -0.4 is 15.4 Å². The van der Waals surface area contributed by atoms with Crippen LogP contribution in [0.2, 0.25) is 0 Å². The molecule has 0 atom stereocenters. The van der Waals surface area contributed by atoms with Crippen molar-refractivity contribution in [3.05, 3.63) is 54.0 Å². The van der Waals surface area contributed by atoms with Crippen LogP contribution in [0.4, 0.5) is 4.39 Å². The highest BCUT2D eigenvalue weighted by Gasteiger charge is 2.20. The number of pyridine rings is 1. The molecule has 3 rings (SSSR count). The second kappa shape index (κ2) is 7.88. The van der Waals surface area contributed by atoms with Crippen molar-refractivity contribution < 1.29 is 13.9 Å². The van der Waals surface area contributed by atoms with Crippen LogP contribution in [0, 0.1) is 11.7 Å². The minimum Gasteiger partial charge on any atom is -0.439 e. The molecule has 0 radical (unpaired) electrons. The smallest absolute Gasteiger partial charge is 0.234 e. The number of carbonyl (C=O) groups is 1. The van der Waals surface area contributed by atoms with Crippen molar-refractivity contribution in [2.24, 2.45) is 5.92 Å². The molecule has 2 N–H and O–H groups in total. The first-order valence-corrected chi connectivity index (χ1v) is 8.05. The van der Waals surface area contributed by atoms with Gasteiger partial charge in [0.25, 0.3) is 0 Å². The van der Waals surface area contributed by atoms with Gasteiger partial charge in [0.1, 0.15) is 11.6 Å². The molecule has 2 aromatic rings. The van der Waals surface area contributed by atoms with Gasteiger partial charge in [0.15, 0.2) is 0 Å². The van der Waals surface area contributed by atoms with Crippen LogP contribution in [-0.2, 0) is 11.3 Å². The zero-order chi connectivity index (χ0) is 16.8. The van der Waals surface area contributed by atoms with Crippen LogP contribution in [-0.4, -0.2) is 24.0 Å². The Morgan fingerprint density at radius 2 is 2.17 bits per heavy atom. The highest BCUT2D eigenvalue weighted by atomic mass is 19.1.